The summed E-state index contributed by atoms with van der Waals surface area (Å²) in [5, 5.41) is 11.9. The highest BCUT2D eigenvalue weighted by molar-refractivity contribution is 5.76. The van der Waals surface area contributed by atoms with Gasteiger partial charge in [0, 0.05) is 13.2 Å². The molecule has 0 radical (unpaired) electrons. The molecule has 0 spiro atoms. The first-order valence-electron chi connectivity index (χ1n) is 6.25. The van der Waals surface area contributed by atoms with Crippen molar-refractivity contribution in [1.82, 2.24) is 5.32 Å². The zero-order valence-electron chi connectivity index (χ0n) is 10.1. The van der Waals surface area contributed by atoms with Crippen LogP contribution in [0.5, 0.6) is 0 Å². The van der Waals surface area contributed by atoms with E-state index in [9.17, 15) is 4.79 Å². The molecule has 4 heteroatoms. The Kier molecular flexibility index (Phi) is 6.42. The molecule has 0 saturated carbocycles. The third-order valence-electron chi connectivity index (χ3n) is 2.81. The van der Waals surface area contributed by atoms with Crippen molar-refractivity contribution in [2.75, 3.05) is 13.2 Å². The number of nitrogens with one attached hydrogen (secondary N) is 1. The first-order chi connectivity index (χ1) is 7.68. The van der Waals surface area contributed by atoms with Crippen molar-refractivity contribution in [2.24, 2.45) is 0 Å². The quantitative estimate of drug-likeness (QED) is 0.673. The molecular weight excluding hydrogens is 206 g/mol. The van der Waals surface area contributed by atoms with Crippen molar-refractivity contribution in [2.45, 2.75) is 57.7 Å². The van der Waals surface area contributed by atoms with Gasteiger partial charge in [-0.25, -0.2) is 0 Å². The second-order valence-electron chi connectivity index (χ2n) is 4.53. The Morgan fingerprint density at radius 2 is 2.38 bits per heavy atom. The van der Waals surface area contributed by atoms with E-state index in [-0.39, 0.29) is 18.1 Å². The lowest BCUT2D eigenvalue weighted by molar-refractivity contribution is -0.124. The zero-order chi connectivity index (χ0) is 11.8. The molecule has 0 aliphatic carbocycles. The van der Waals surface area contributed by atoms with Crippen molar-refractivity contribution >= 4 is 5.91 Å². The van der Waals surface area contributed by atoms with Gasteiger partial charge in [-0.2, -0.15) is 0 Å². The minimum Gasteiger partial charge on any atom is -0.393 e. The predicted molar refractivity (Wildman–Crippen MR) is 62.1 cm³/mol. The molecule has 0 aromatic heterocycles. The predicted octanol–water partition coefficient (Wildman–Crippen LogP) is 1.22. The molecule has 1 heterocycles. The number of carbonyl (C=O) groups is 1. The lowest BCUT2D eigenvalue weighted by atomic mass is 10.1. The molecule has 0 bridgehead atoms. The van der Waals surface area contributed by atoms with E-state index in [4.69, 9.17) is 9.84 Å². The molecule has 94 valence electrons. The molecule has 1 amide bonds. The Bertz CT molecular complexity index is 200. The Morgan fingerprint density at radius 3 is 3.00 bits per heavy atom. The minimum absolute atomic E-state index is 0.0671. The molecular formula is C12H23NO3. The molecule has 2 unspecified atom stereocenters. The van der Waals surface area contributed by atoms with Crippen LogP contribution in [0.25, 0.3) is 0 Å². The zero-order valence-corrected chi connectivity index (χ0v) is 10.1. The van der Waals surface area contributed by atoms with E-state index in [0.29, 0.717) is 13.0 Å². The van der Waals surface area contributed by atoms with Crippen LogP contribution in [0.2, 0.25) is 0 Å². The Balaban J connectivity index is 2.01. The largest absolute Gasteiger partial charge is 0.393 e. The number of rotatable bonds is 6. The summed E-state index contributed by atoms with van der Waals surface area (Å²) in [5.74, 6) is 0.0671. The normalized spacial score (nSPS) is 22.8. The highest BCUT2D eigenvalue weighted by Gasteiger charge is 2.17. The third-order valence-corrected chi connectivity index (χ3v) is 2.81. The summed E-state index contributed by atoms with van der Waals surface area (Å²) in [4.78, 5) is 11.5. The van der Waals surface area contributed by atoms with E-state index in [0.717, 1.165) is 32.3 Å². The SMILES string of the molecule is CC(O)CCCNC(=O)CC1CCCCO1. The van der Waals surface area contributed by atoms with Crippen LogP contribution in [0, 0.1) is 0 Å². The van der Waals surface area contributed by atoms with Crippen molar-refractivity contribution in [3.8, 4) is 0 Å². The highest BCUT2D eigenvalue weighted by Crippen LogP contribution is 2.15. The van der Waals surface area contributed by atoms with Gasteiger partial charge in [0.15, 0.2) is 0 Å². The molecule has 0 aromatic carbocycles. The number of amides is 1. The first-order valence-corrected chi connectivity index (χ1v) is 6.25. The van der Waals surface area contributed by atoms with Crippen LogP contribution in [0.3, 0.4) is 0 Å². The van der Waals surface area contributed by atoms with Gasteiger partial charge >= 0.3 is 0 Å². The van der Waals surface area contributed by atoms with Gasteiger partial charge in [-0.05, 0) is 39.0 Å². The summed E-state index contributed by atoms with van der Waals surface area (Å²) in [7, 11) is 0. The third kappa shape index (κ3) is 6.08. The van der Waals surface area contributed by atoms with Gasteiger partial charge < -0.3 is 15.2 Å². The average Bonchev–Trinajstić information content (AvgIpc) is 2.25. The Hall–Kier alpha value is -0.610. The van der Waals surface area contributed by atoms with E-state index in [1.54, 1.807) is 6.92 Å². The molecule has 1 aliphatic heterocycles. The van der Waals surface area contributed by atoms with Crippen LogP contribution in [-0.2, 0) is 9.53 Å². The lowest BCUT2D eigenvalue weighted by Gasteiger charge is -2.21. The molecule has 16 heavy (non-hydrogen) atoms. The van der Waals surface area contributed by atoms with Crippen molar-refractivity contribution in [3.63, 3.8) is 0 Å². The molecule has 4 nitrogen and oxygen atoms in total. The Labute approximate surface area is 97.4 Å². The van der Waals surface area contributed by atoms with E-state index in [1.807, 2.05) is 0 Å². The molecule has 1 rings (SSSR count). The van der Waals surface area contributed by atoms with Gasteiger partial charge in [-0.3, -0.25) is 4.79 Å². The topological polar surface area (TPSA) is 58.6 Å². The fourth-order valence-electron chi connectivity index (χ4n) is 1.87. The van der Waals surface area contributed by atoms with E-state index >= 15 is 0 Å². The van der Waals surface area contributed by atoms with Crippen LogP contribution >= 0.6 is 0 Å². The van der Waals surface area contributed by atoms with Crippen LogP contribution < -0.4 is 5.32 Å². The number of aliphatic hydroxyl groups excluding tert-OH is 1. The maximum Gasteiger partial charge on any atom is 0.222 e. The van der Waals surface area contributed by atoms with Crippen LogP contribution in [0.4, 0.5) is 0 Å². The summed E-state index contributed by atoms with van der Waals surface area (Å²) in [6, 6.07) is 0. The second kappa shape index (κ2) is 7.63. The molecule has 2 N–H and O–H groups in total. The fourth-order valence-corrected chi connectivity index (χ4v) is 1.87. The maximum atomic E-state index is 11.5. The number of aliphatic hydroxyl groups is 1. The smallest absolute Gasteiger partial charge is 0.222 e. The van der Waals surface area contributed by atoms with Gasteiger partial charge in [0.05, 0.1) is 18.6 Å². The maximum absolute atomic E-state index is 11.5. The lowest BCUT2D eigenvalue weighted by Crippen LogP contribution is -2.31. The fraction of sp³-hybridized carbons (Fsp3) is 0.917. The van der Waals surface area contributed by atoms with Gasteiger partial charge in [0.2, 0.25) is 5.91 Å². The number of hydrogen-bond acceptors (Lipinski definition) is 3. The van der Waals surface area contributed by atoms with Crippen LogP contribution in [0.15, 0.2) is 0 Å². The number of ether oxygens (including phenoxy) is 1. The molecule has 1 fully saturated rings. The molecule has 0 aromatic rings. The summed E-state index contributed by atoms with van der Waals surface area (Å²) < 4.78 is 5.49. The second-order valence-corrected chi connectivity index (χ2v) is 4.53. The highest BCUT2D eigenvalue weighted by atomic mass is 16.5. The van der Waals surface area contributed by atoms with Gasteiger partial charge in [-0.15, -0.1) is 0 Å². The van der Waals surface area contributed by atoms with Crippen molar-refractivity contribution < 1.29 is 14.6 Å². The van der Waals surface area contributed by atoms with Crippen LogP contribution in [-0.4, -0.2) is 36.4 Å². The average molecular weight is 229 g/mol. The van der Waals surface area contributed by atoms with Crippen LogP contribution in [0.1, 0.15) is 45.4 Å². The first kappa shape index (κ1) is 13.5. The van der Waals surface area contributed by atoms with E-state index in [1.165, 1.54) is 6.42 Å². The summed E-state index contributed by atoms with van der Waals surface area (Å²) >= 11 is 0. The summed E-state index contributed by atoms with van der Waals surface area (Å²) in [5.41, 5.74) is 0. The minimum atomic E-state index is -0.279. The monoisotopic (exact) mass is 229 g/mol. The van der Waals surface area contributed by atoms with Crippen molar-refractivity contribution in [3.05, 3.63) is 0 Å². The standard InChI is InChI=1S/C12H23NO3/c1-10(14)5-4-7-13-12(15)9-11-6-2-3-8-16-11/h10-11,14H,2-9H2,1H3,(H,13,15). The van der Waals surface area contributed by atoms with Gasteiger partial charge in [0.25, 0.3) is 0 Å². The van der Waals surface area contributed by atoms with E-state index < -0.39 is 0 Å². The molecule has 1 aliphatic rings. The number of hydrogen-bond donors (Lipinski definition) is 2. The van der Waals surface area contributed by atoms with Crippen molar-refractivity contribution in [1.29, 1.82) is 0 Å². The number of carbonyl (C=O) groups excluding carboxylic acids is 1. The van der Waals surface area contributed by atoms with Gasteiger partial charge in [0.1, 0.15) is 0 Å². The summed E-state index contributed by atoms with van der Waals surface area (Å²) in [6.45, 7) is 3.20. The van der Waals surface area contributed by atoms with E-state index in [2.05, 4.69) is 5.32 Å². The summed E-state index contributed by atoms with van der Waals surface area (Å²) in [6.07, 6.45) is 5.17. The molecule has 1 saturated heterocycles. The Morgan fingerprint density at radius 1 is 1.56 bits per heavy atom. The van der Waals surface area contributed by atoms with Gasteiger partial charge in [-0.1, -0.05) is 0 Å². The molecule has 2 atom stereocenters.